The largest absolute Gasteiger partial charge is 0.496 e. The molecule has 0 saturated carbocycles. The first-order valence-electron chi connectivity index (χ1n) is 2.90. The molecule has 3 heteroatoms. The van der Waals surface area contributed by atoms with Crippen LogP contribution in [0.5, 0.6) is 0 Å². The van der Waals surface area contributed by atoms with E-state index in [-0.39, 0.29) is 6.10 Å². The first kappa shape index (κ1) is 6.58. The summed E-state index contributed by atoms with van der Waals surface area (Å²) in [6.45, 7) is 1.71. The number of hydrogen-bond donors (Lipinski definition) is 2. The maximum atomic E-state index is 9.02. The van der Waals surface area contributed by atoms with Crippen molar-refractivity contribution in [2.45, 2.75) is 25.2 Å². The standard InChI is InChI=1S/C6H10O3/c1-4-6(8)5(7)2-3-9-4/h2-8H,1H3/t4?,5-,6?/m1/s1. The van der Waals surface area contributed by atoms with Gasteiger partial charge in [-0.1, -0.05) is 0 Å². The van der Waals surface area contributed by atoms with E-state index in [9.17, 15) is 0 Å². The normalized spacial score (nSPS) is 42.3. The highest BCUT2D eigenvalue weighted by Crippen LogP contribution is 2.10. The fourth-order valence-electron chi connectivity index (χ4n) is 0.722. The average molecular weight is 130 g/mol. The maximum absolute atomic E-state index is 9.02. The summed E-state index contributed by atoms with van der Waals surface area (Å²) in [7, 11) is 0. The Balaban J connectivity index is 2.58. The Bertz CT molecular complexity index is 121. The Morgan fingerprint density at radius 1 is 1.44 bits per heavy atom. The summed E-state index contributed by atoms with van der Waals surface area (Å²) in [6, 6.07) is 0. The molecule has 0 aromatic heterocycles. The van der Waals surface area contributed by atoms with Gasteiger partial charge in [0.2, 0.25) is 0 Å². The second-order valence-electron chi connectivity index (χ2n) is 2.15. The summed E-state index contributed by atoms with van der Waals surface area (Å²) in [6.07, 6.45) is 0.973. The molecule has 1 rings (SSSR count). The van der Waals surface area contributed by atoms with E-state index in [0.29, 0.717) is 0 Å². The van der Waals surface area contributed by atoms with Crippen molar-refractivity contribution >= 4 is 0 Å². The lowest BCUT2D eigenvalue weighted by Crippen LogP contribution is -2.37. The van der Waals surface area contributed by atoms with Gasteiger partial charge in [-0.15, -0.1) is 0 Å². The maximum Gasteiger partial charge on any atom is 0.124 e. The Morgan fingerprint density at radius 3 is 2.56 bits per heavy atom. The molecule has 0 radical (unpaired) electrons. The molecule has 3 nitrogen and oxygen atoms in total. The van der Waals surface area contributed by atoms with Crippen LogP contribution in [0.25, 0.3) is 0 Å². The second-order valence-corrected chi connectivity index (χ2v) is 2.15. The molecular weight excluding hydrogens is 120 g/mol. The lowest BCUT2D eigenvalue weighted by molar-refractivity contribution is -0.0543. The van der Waals surface area contributed by atoms with Crippen LogP contribution < -0.4 is 0 Å². The van der Waals surface area contributed by atoms with Crippen LogP contribution in [0.1, 0.15) is 6.92 Å². The number of ether oxygens (including phenoxy) is 1. The molecule has 0 aliphatic carbocycles. The molecule has 0 bridgehead atoms. The highest BCUT2D eigenvalue weighted by Gasteiger charge is 2.24. The monoisotopic (exact) mass is 130 g/mol. The van der Waals surface area contributed by atoms with Gasteiger partial charge in [0.1, 0.15) is 18.3 Å². The summed E-state index contributed by atoms with van der Waals surface area (Å²) >= 11 is 0. The van der Waals surface area contributed by atoms with Crippen molar-refractivity contribution < 1.29 is 14.9 Å². The molecule has 0 aromatic rings. The highest BCUT2D eigenvalue weighted by molar-refractivity contribution is 4.95. The average Bonchev–Trinajstić information content (AvgIpc) is 1.83. The Morgan fingerprint density at radius 2 is 2.11 bits per heavy atom. The van der Waals surface area contributed by atoms with Crippen LogP contribution in [0.15, 0.2) is 12.3 Å². The molecule has 52 valence electrons. The molecule has 2 unspecified atom stereocenters. The molecule has 1 aliphatic rings. The molecule has 0 fully saturated rings. The quantitative estimate of drug-likeness (QED) is 0.471. The van der Waals surface area contributed by atoms with Crippen LogP contribution in [-0.2, 0) is 4.74 Å². The smallest absolute Gasteiger partial charge is 0.124 e. The fourth-order valence-corrected chi connectivity index (χ4v) is 0.722. The topological polar surface area (TPSA) is 49.7 Å². The first-order chi connectivity index (χ1) is 4.22. The highest BCUT2D eigenvalue weighted by atomic mass is 16.5. The molecule has 1 aliphatic heterocycles. The van der Waals surface area contributed by atoms with E-state index in [1.54, 1.807) is 6.92 Å². The summed E-state index contributed by atoms with van der Waals surface area (Å²) in [4.78, 5) is 0. The van der Waals surface area contributed by atoms with Crippen molar-refractivity contribution in [3.63, 3.8) is 0 Å². The Kier molecular flexibility index (Phi) is 1.73. The van der Waals surface area contributed by atoms with E-state index in [4.69, 9.17) is 14.9 Å². The van der Waals surface area contributed by atoms with Gasteiger partial charge in [0.05, 0.1) is 6.26 Å². The van der Waals surface area contributed by atoms with Crippen LogP contribution >= 0.6 is 0 Å². The van der Waals surface area contributed by atoms with E-state index >= 15 is 0 Å². The van der Waals surface area contributed by atoms with Gasteiger partial charge in [0, 0.05) is 0 Å². The fraction of sp³-hybridized carbons (Fsp3) is 0.667. The van der Waals surface area contributed by atoms with Crippen LogP contribution in [0, 0.1) is 0 Å². The van der Waals surface area contributed by atoms with Crippen molar-refractivity contribution in [1.82, 2.24) is 0 Å². The van der Waals surface area contributed by atoms with Gasteiger partial charge in [-0.05, 0) is 13.0 Å². The minimum absolute atomic E-state index is 0.301. The zero-order valence-electron chi connectivity index (χ0n) is 5.19. The van der Waals surface area contributed by atoms with Crippen LogP contribution in [-0.4, -0.2) is 28.5 Å². The third-order valence-electron chi connectivity index (χ3n) is 1.40. The molecule has 2 N–H and O–H groups in total. The van der Waals surface area contributed by atoms with E-state index in [1.807, 2.05) is 0 Å². The third kappa shape index (κ3) is 1.23. The molecule has 0 spiro atoms. The number of aliphatic hydroxyl groups is 2. The van der Waals surface area contributed by atoms with Gasteiger partial charge in [-0.3, -0.25) is 0 Å². The van der Waals surface area contributed by atoms with E-state index in [0.717, 1.165) is 0 Å². The molecule has 0 aromatic carbocycles. The number of rotatable bonds is 0. The number of aliphatic hydroxyl groups excluding tert-OH is 2. The van der Waals surface area contributed by atoms with Crippen molar-refractivity contribution in [2.24, 2.45) is 0 Å². The third-order valence-corrected chi connectivity index (χ3v) is 1.40. The first-order valence-corrected chi connectivity index (χ1v) is 2.90. The van der Waals surface area contributed by atoms with Gasteiger partial charge in [0.25, 0.3) is 0 Å². The van der Waals surface area contributed by atoms with Crippen molar-refractivity contribution in [2.75, 3.05) is 0 Å². The van der Waals surface area contributed by atoms with E-state index < -0.39 is 12.2 Å². The molecule has 0 amide bonds. The minimum Gasteiger partial charge on any atom is -0.496 e. The summed E-state index contributed by atoms with van der Waals surface area (Å²) in [5.41, 5.74) is 0. The minimum atomic E-state index is -0.782. The van der Waals surface area contributed by atoms with Crippen molar-refractivity contribution in [3.05, 3.63) is 12.3 Å². The second kappa shape index (κ2) is 2.37. The van der Waals surface area contributed by atoms with E-state index in [2.05, 4.69) is 0 Å². The molecule has 1 heterocycles. The summed E-state index contributed by atoms with van der Waals surface area (Å²) in [5, 5.41) is 18.0. The van der Waals surface area contributed by atoms with Gasteiger partial charge < -0.3 is 14.9 Å². The van der Waals surface area contributed by atoms with E-state index in [1.165, 1.54) is 12.3 Å². The van der Waals surface area contributed by atoms with Gasteiger partial charge in [0.15, 0.2) is 0 Å². The van der Waals surface area contributed by atoms with Crippen molar-refractivity contribution in [3.8, 4) is 0 Å². The predicted octanol–water partition coefficient (Wildman–Crippen LogP) is -0.359. The van der Waals surface area contributed by atoms with Gasteiger partial charge in [-0.25, -0.2) is 0 Å². The molecular formula is C6H10O3. The predicted molar refractivity (Wildman–Crippen MR) is 31.7 cm³/mol. The summed E-state index contributed by atoms with van der Waals surface area (Å²) < 4.78 is 4.87. The molecule has 9 heavy (non-hydrogen) atoms. The lowest BCUT2D eigenvalue weighted by Gasteiger charge is -2.24. The Labute approximate surface area is 53.6 Å². The van der Waals surface area contributed by atoms with Crippen LogP contribution in [0.2, 0.25) is 0 Å². The molecule has 3 atom stereocenters. The van der Waals surface area contributed by atoms with Gasteiger partial charge >= 0.3 is 0 Å². The van der Waals surface area contributed by atoms with Crippen LogP contribution in [0.4, 0.5) is 0 Å². The number of hydrogen-bond acceptors (Lipinski definition) is 3. The SMILES string of the molecule is CC1OC=C[C@@H](O)C1O. The van der Waals surface area contributed by atoms with Gasteiger partial charge in [-0.2, -0.15) is 0 Å². The van der Waals surface area contributed by atoms with Crippen LogP contribution in [0.3, 0.4) is 0 Å². The summed E-state index contributed by atoms with van der Waals surface area (Å²) in [5.74, 6) is 0. The van der Waals surface area contributed by atoms with Crippen molar-refractivity contribution in [1.29, 1.82) is 0 Å². The Hall–Kier alpha value is -0.540. The lowest BCUT2D eigenvalue weighted by atomic mass is 10.1. The zero-order valence-corrected chi connectivity index (χ0v) is 5.19. The molecule has 0 saturated heterocycles. The zero-order chi connectivity index (χ0) is 6.85.